The van der Waals surface area contributed by atoms with Crippen LogP contribution in [0.15, 0.2) is 60.7 Å². The van der Waals surface area contributed by atoms with Gasteiger partial charge >= 0.3 is 11.9 Å². The van der Waals surface area contributed by atoms with Crippen LogP contribution >= 0.6 is 0 Å². The molecule has 36 heavy (non-hydrogen) atoms. The van der Waals surface area contributed by atoms with Crippen molar-refractivity contribution >= 4 is 23.4 Å². The molecule has 7 heteroatoms. The Hall–Kier alpha value is -3.45. The molecule has 2 aliphatic rings. The summed E-state index contributed by atoms with van der Waals surface area (Å²) >= 11 is 0. The quantitative estimate of drug-likeness (QED) is 0.374. The van der Waals surface area contributed by atoms with Crippen LogP contribution in [-0.2, 0) is 22.6 Å². The number of ketones is 1. The number of aliphatic carboxylic acids is 2. The molecule has 2 aliphatic heterocycles. The van der Waals surface area contributed by atoms with Crippen LogP contribution in [0.25, 0.3) is 0 Å². The van der Waals surface area contributed by atoms with Gasteiger partial charge in [-0.1, -0.05) is 49.4 Å². The van der Waals surface area contributed by atoms with Crippen LogP contribution < -0.4 is 5.32 Å². The Morgan fingerprint density at radius 1 is 1.00 bits per heavy atom. The summed E-state index contributed by atoms with van der Waals surface area (Å²) in [7, 11) is 0. The number of nitrogens with zero attached hydrogens (tertiary/aromatic N) is 1. The van der Waals surface area contributed by atoms with Crippen LogP contribution in [0.2, 0.25) is 0 Å². The molecule has 2 aromatic rings. The Morgan fingerprint density at radius 2 is 1.67 bits per heavy atom. The third-order valence-electron chi connectivity index (χ3n) is 6.95. The Balaban J connectivity index is 0.000000392. The molecule has 0 saturated carbocycles. The van der Waals surface area contributed by atoms with Gasteiger partial charge in [-0.05, 0) is 68.3 Å². The number of carbonyl (C=O) groups is 3. The number of Topliss-reactive ketones (excluding diaryl/α,β-unsaturated/α-hetero) is 1. The van der Waals surface area contributed by atoms with Crippen molar-refractivity contribution in [3.8, 4) is 0 Å². The summed E-state index contributed by atoms with van der Waals surface area (Å²) in [5.41, 5.74) is 4.79. The largest absolute Gasteiger partial charge is 0.478 e. The van der Waals surface area contributed by atoms with E-state index in [0.717, 1.165) is 51.0 Å². The van der Waals surface area contributed by atoms with Crippen molar-refractivity contribution in [2.45, 2.75) is 45.6 Å². The van der Waals surface area contributed by atoms with E-state index in [1.165, 1.54) is 29.7 Å². The Morgan fingerprint density at radius 3 is 2.31 bits per heavy atom. The molecule has 0 aromatic heterocycles. The number of benzene rings is 2. The van der Waals surface area contributed by atoms with E-state index in [4.69, 9.17) is 10.2 Å². The van der Waals surface area contributed by atoms with Gasteiger partial charge in [0.25, 0.3) is 0 Å². The Bertz CT molecular complexity index is 1040. The third-order valence-corrected chi connectivity index (χ3v) is 6.95. The predicted octanol–water partition coefficient (Wildman–Crippen LogP) is 4.88. The third kappa shape index (κ3) is 8.34. The van der Waals surface area contributed by atoms with E-state index < -0.39 is 11.9 Å². The van der Waals surface area contributed by atoms with Crippen molar-refractivity contribution in [1.29, 1.82) is 0 Å². The Labute approximate surface area is 212 Å². The van der Waals surface area contributed by atoms with E-state index in [-0.39, 0.29) is 5.92 Å². The van der Waals surface area contributed by atoms with E-state index in [9.17, 15) is 14.4 Å². The molecule has 2 heterocycles. The molecule has 2 aromatic carbocycles. The number of piperidine rings is 1. The van der Waals surface area contributed by atoms with Crippen molar-refractivity contribution in [3.63, 3.8) is 0 Å². The normalized spacial score (nSPS) is 17.1. The minimum Gasteiger partial charge on any atom is -0.478 e. The lowest BCUT2D eigenvalue weighted by Crippen LogP contribution is -2.36. The number of carboxylic acids is 2. The van der Waals surface area contributed by atoms with E-state index >= 15 is 0 Å². The highest BCUT2D eigenvalue weighted by Gasteiger charge is 2.29. The smallest absolute Gasteiger partial charge is 0.328 e. The maximum Gasteiger partial charge on any atom is 0.328 e. The van der Waals surface area contributed by atoms with Crippen LogP contribution in [0.1, 0.15) is 54.1 Å². The highest BCUT2D eigenvalue weighted by atomic mass is 16.4. The lowest BCUT2D eigenvalue weighted by molar-refractivity contribution is -0.134. The van der Waals surface area contributed by atoms with Crippen molar-refractivity contribution in [1.82, 2.24) is 4.90 Å². The molecule has 1 unspecified atom stereocenters. The maximum atomic E-state index is 13.1. The number of fused-ring (bicyclic) bond motifs is 1. The molecule has 1 fully saturated rings. The SMILES string of the molecule is CC(C(=O)c1ccc2c(c1)NCCCC2)C1CCN(Cc2ccccc2)CC1.O=C(O)C=CC(=O)O. The zero-order chi connectivity index (χ0) is 25.9. The van der Waals surface area contributed by atoms with Crippen LogP contribution in [0, 0.1) is 11.8 Å². The van der Waals surface area contributed by atoms with E-state index in [2.05, 4.69) is 65.7 Å². The van der Waals surface area contributed by atoms with Crippen molar-refractivity contribution in [3.05, 3.63) is 77.4 Å². The van der Waals surface area contributed by atoms with Crippen LogP contribution in [-0.4, -0.2) is 52.5 Å². The second-order valence-electron chi connectivity index (χ2n) is 9.52. The van der Waals surface area contributed by atoms with Gasteiger partial charge in [0, 0.05) is 42.4 Å². The van der Waals surface area contributed by atoms with Gasteiger partial charge in [0.1, 0.15) is 0 Å². The van der Waals surface area contributed by atoms with Gasteiger partial charge in [-0.2, -0.15) is 0 Å². The second-order valence-corrected chi connectivity index (χ2v) is 9.52. The minimum atomic E-state index is -1.26. The standard InChI is InChI=1S/C25H32N2O.C4H4O4/c1-19(21-12-15-27(16-13-21)18-20-7-3-2-4-8-20)25(28)23-11-10-22-9-5-6-14-26-24(22)17-23;5-3(6)1-2-4(7)8/h2-4,7-8,10-11,17,19,21,26H,5-6,9,12-16,18H2,1H3;1-2H,(H,5,6)(H,7,8). The molecule has 192 valence electrons. The fourth-order valence-electron chi connectivity index (χ4n) is 4.85. The molecule has 0 aliphatic carbocycles. The topological polar surface area (TPSA) is 107 Å². The average molecular weight is 493 g/mol. The van der Waals surface area contributed by atoms with Crippen molar-refractivity contribution in [2.75, 3.05) is 25.0 Å². The van der Waals surface area contributed by atoms with Gasteiger partial charge in [-0.3, -0.25) is 9.69 Å². The maximum absolute atomic E-state index is 13.1. The summed E-state index contributed by atoms with van der Waals surface area (Å²) < 4.78 is 0. The molecule has 0 radical (unpaired) electrons. The van der Waals surface area contributed by atoms with Crippen molar-refractivity contribution in [2.24, 2.45) is 11.8 Å². The number of likely N-dealkylation sites (tertiary alicyclic amines) is 1. The molecule has 3 N–H and O–H groups in total. The van der Waals surface area contributed by atoms with E-state index in [1.54, 1.807) is 0 Å². The fraction of sp³-hybridized carbons (Fsp3) is 0.414. The summed E-state index contributed by atoms with van der Waals surface area (Å²) in [5.74, 6) is -1.61. The molecule has 1 saturated heterocycles. The predicted molar refractivity (Wildman–Crippen MR) is 140 cm³/mol. The monoisotopic (exact) mass is 492 g/mol. The number of rotatable bonds is 7. The lowest BCUT2D eigenvalue weighted by Gasteiger charge is -2.34. The summed E-state index contributed by atoms with van der Waals surface area (Å²) in [6, 6.07) is 17.0. The number of aryl methyl sites for hydroxylation is 1. The first-order valence-electron chi connectivity index (χ1n) is 12.6. The molecule has 0 bridgehead atoms. The number of hydrogen-bond donors (Lipinski definition) is 3. The van der Waals surface area contributed by atoms with Crippen LogP contribution in [0.5, 0.6) is 0 Å². The fourth-order valence-corrected chi connectivity index (χ4v) is 4.85. The Kier molecular flexibility index (Phi) is 10.2. The molecule has 7 nitrogen and oxygen atoms in total. The molecule has 4 rings (SSSR count). The number of nitrogens with one attached hydrogen (secondary N) is 1. The highest BCUT2D eigenvalue weighted by molar-refractivity contribution is 5.98. The van der Waals surface area contributed by atoms with Gasteiger partial charge < -0.3 is 15.5 Å². The summed E-state index contributed by atoms with van der Waals surface area (Å²) in [4.78, 5) is 34.8. The first-order valence-corrected chi connectivity index (χ1v) is 12.6. The molecule has 1 atom stereocenters. The minimum absolute atomic E-state index is 0.0997. The number of hydrogen-bond acceptors (Lipinski definition) is 5. The lowest BCUT2D eigenvalue weighted by atomic mass is 9.81. The molecule has 0 amide bonds. The van der Waals surface area contributed by atoms with Crippen molar-refractivity contribution < 1.29 is 24.6 Å². The van der Waals surface area contributed by atoms with Gasteiger partial charge in [0.05, 0.1) is 0 Å². The highest BCUT2D eigenvalue weighted by Crippen LogP contribution is 2.30. The first-order chi connectivity index (χ1) is 17.3. The number of carboxylic acid groups (broad SMARTS) is 2. The van der Waals surface area contributed by atoms with E-state index in [0.29, 0.717) is 23.9 Å². The van der Waals surface area contributed by atoms with Crippen LogP contribution in [0.3, 0.4) is 0 Å². The number of anilines is 1. The van der Waals surface area contributed by atoms with E-state index in [1.807, 2.05) is 0 Å². The first kappa shape index (κ1) is 27.1. The zero-order valence-electron chi connectivity index (χ0n) is 20.9. The van der Waals surface area contributed by atoms with Gasteiger partial charge in [-0.15, -0.1) is 0 Å². The summed E-state index contributed by atoms with van der Waals surface area (Å²) in [6.45, 7) is 6.34. The van der Waals surface area contributed by atoms with Gasteiger partial charge in [-0.25, -0.2) is 9.59 Å². The molecule has 0 spiro atoms. The second kappa shape index (κ2) is 13.6. The number of carbonyl (C=O) groups excluding carboxylic acids is 1. The van der Waals surface area contributed by atoms with Gasteiger partial charge in [0.15, 0.2) is 5.78 Å². The van der Waals surface area contributed by atoms with Gasteiger partial charge in [0.2, 0.25) is 0 Å². The zero-order valence-corrected chi connectivity index (χ0v) is 20.9. The average Bonchev–Trinajstić information content (AvgIpc) is 3.13. The van der Waals surface area contributed by atoms with Crippen LogP contribution in [0.4, 0.5) is 5.69 Å². The molecular formula is C29H36N2O5. The summed E-state index contributed by atoms with van der Waals surface area (Å²) in [5, 5.41) is 19.1. The molecular weight excluding hydrogens is 456 g/mol. The summed E-state index contributed by atoms with van der Waals surface area (Å²) in [6.07, 6.45) is 6.89.